The van der Waals surface area contributed by atoms with Crippen molar-refractivity contribution in [2.45, 2.75) is 26.2 Å². The lowest BCUT2D eigenvalue weighted by atomic mass is 10.1. The molecule has 0 aliphatic carbocycles. The van der Waals surface area contributed by atoms with E-state index < -0.39 is 0 Å². The lowest BCUT2D eigenvalue weighted by molar-refractivity contribution is 0.790. The van der Waals surface area contributed by atoms with Gasteiger partial charge in [0, 0.05) is 13.1 Å². The van der Waals surface area contributed by atoms with E-state index in [4.69, 9.17) is 5.26 Å². The largest absolute Gasteiger partial charge is 0.310 e. The minimum Gasteiger partial charge on any atom is -0.310 e. The van der Waals surface area contributed by atoms with Crippen molar-refractivity contribution in [2.75, 3.05) is 0 Å². The summed E-state index contributed by atoms with van der Waals surface area (Å²) in [4.78, 5) is 16.2. The SMILES string of the molecule is CCCCc1cc(=O)n(C)c2ccc(C#N)nc12. The summed E-state index contributed by atoms with van der Waals surface area (Å²) in [6.45, 7) is 2.11. The van der Waals surface area contributed by atoms with E-state index in [1.54, 1.807) is 29.8 Å². The number of nitriles is 1. The Morgan fingerprint density at radius 2 is 2.22 bits per heavy atom. The Morgan fingerprint density at radius 3 is 2.89 bits per heavy atom. The molecule has 2 aromatic rings. The highest BCUT2D eigenvalue weighted by Crippen LogP contribution is 2.16. The molecule has 0 aliphatic heterocycles. The van der Waals surface area contributed by atoms with Gasteiger partial charge in [0.15, 0.2) is 0 Å². The van der Waals surface area contributed by atoms with E-state index >= 15 is 0 Å². The number of aromatic nitrogens is 2. The molecular weight excluding hydrogens is 226 g/mol. The van der Waals surface area contributed by atoms with Crippen molar-refractivity contribution < 1.29 is 0 Å². The first-order valence-electron chi connectivity index (χ1n) is 6.07. The Hall–Kier alpha value is -2.15. The van der Waals surface area contributed by atoms with Crippen LogP contribution in [0.25, 0.3) is 11.0 Å². The molecule has 0 bridgehead atoms. The predicted octanol–water partition coefficient (Wildman–Crippen LogP) is 2.15. The van der Waals surface area contributed by atoms with Gasteiger partial charge in [-0.1, -0.05) is 13.3 Å². The van der Waals surface area contributed by atoms with Crippen LogP contribution in [-0.2, 0) is 13.5 Å². The average Bonchev–Trinajstić information content (AvgIpc) is 2.40. The van der Waals surface area contributed by atoms with Crippen molar-refractivity contribution in [2.24, 2.45) is 7.05 Å². The lowest BCUT2D eigenvalue weighted by Crippen LogP contribution is -2.18. The quantitative estimate of drug-likeness (QED) is 0.827. The number of unbranched alkanes of at least 4 members (excludes halogenated alkanes) is 1. The first kappa shape index (κ1) is 12.3. The number of pyridine rings is 2. The van der Waals surface area contributed by atoms with Gasteiger partial charge in [-0.05, 0) is 30.5 Å². The topological polar surface area (TPSA) is 58.7 Å². The Bertz CT molecular complexity index is 680. The van der Waals surface area contributed by atoms with Crippen LogP contribution in [0.5, 0.6) is 0 Å². The minimum absolute atomic E-state index is 0.0277. The zero-order valence-electron chi connectivity index (χ0n) is 10.6. The number of hydrogen-bond acceptors (Lipinski definition) is 3. The van der Waals surface area contributed by atoms with Crippen LogP contribution in [0.1, 0.15) is 31.0 Å². The molecule has 0 spiro atoms. The molecule has 4 nitrogen and oxygen atoms in total. The van der Waals surface area contributed by atoms with Crippen LogP contribution in [0.3, 0.4) is 0 Å². The van der Waals surface area contributed by atoms with Crippen LogP contribution in [-0.4, -0.2) is 9.55 Å². The summed E-state index contributed by atoms with van der Waals surface area (Å²) in [5.41, 5.74) is 2.85. The molecule has 0 atom stereocenters. The molecule has 2 heterocycles. The van der Waals surface area contributed by atoms with Gasteiger partial charge >= 0.3 is 0 Å². The third kappa shape index (κ3) is 2.12. The first-order valence-corrected chi connectivity index (χ1v) is 6.07. The van der Waals surface area contributed by atoms with Crippen LogP contribution in [0.2, 0.25) is 0 Å². The first-order chi connectivity index (χ1) is 8.67. The van der Waals surface area contributed by atoms with Crippen LogP contribution < -0.4 is 5.56 Å². The van der Waals surface area contributed by atoms with Crippen LogP contribution >= 0.6 is 0 Å². The Kier molecular flexibility index (Phi) is 3.42. The number of fused-ring (bicyclic) bond motifs is 1. The van der Waals surface area contributed by atoms with Gasteiger partial charge in [0.2, 0.25) is 0 Å². The molecule has 2 aromatic heterocycles. The van der Waals surface area contributed by atoms with Crippen molar-refractivity contribution in [3.8, 4) is 6.07 Å². The van der Waals surface area contributed by atoms with Crippen LogP contribution in [0.15, 0.2) is 23.0 Å². The normalized spacial score (nSPS) is 10.5. The number of rotatable bonds is 3. The molecule has 0 radical (unpaired) electrons. The van der Waals surface area contributed by atoms with Crippen molar-refractivity contribution in [3.63, 3.8) is 0 Å². The van der Waals surface area contributed by atoms with Crippen molar-refractivity contribution in [3.05, 3.63) is 39.8 Å². The smallest absolute Gasteiger partial charge is 0.251 e. The molecule has 0 amide bonds. The maximum atomic E-state index is 11.8. The van der Waals surface area contributed by atoms with Gasteiger partial charge in [-0.2, -0.15) is 5.26 Å². The number of nitrogens with zero attached hydrogens (tertiary/aromatic N) is 3. The fourth-order valence-corrected chi connectivity index (χ4v) is 2.01. The molecular formula is C14H15N3O. The summed E-state index contributed by atoms with van der Waals surface area (Å²) < 4.78 is 1.57. The summed E-state index contributed by atoms with van der Waals surface area (Å²) in [5, 5.41) is 8.91. The van der Waals surface area contributed by atoms with E-state index in [1.165, 1.54) is 0 Å². The third-order valence-electron chi connectivity index (χ3n) is 3.08. The molecule has 0 saturated carbocycles. The standard InChI is InChI=1S/C14H15N3O/c1-3-4-5-10-8-13(18)17(2)12-7-6-11(9-15)16-14(10)12/h6-8H,3-5H2,1-2H3. The van der Waals surface area contributed by atoms with Crippen LogP contribution in [0, 0.1) is 11.3 Å². The minimum atomic E-state index is -0.0277. The Labute approximate surface area is 106 Å². The Morgan fingerprint density at radius 1 is 1.44 bits per heavy atom. The number of aryl methyl sites for hydroxylation is 2. The maximum absolute atomic E-state index is 11.8. The van der Waals surface area contributed by atoms with Crippen LogP contribution in [0.4, 0.5) is 0 Å². The highest BCUT2D eigenvalue weighted by molar-refractivity contribution is 5.78. The fourth-order valence-electron chi connectivity index (χ4n) is 2.01. The molecule has 0 saturated heterocycles. The second-order valence-electron chi connectivity index (χ2n) is 4.35. The zero-order valence-corrected chi connectivity index (χ0v) is 10.6. The zero-order chi connectivity index (χ0) is 13.1. The van der Waals surface area contributed by atoms with Gasteiger partial charge < -0.3 is 4.57 Å². The van der Waals surface area contributed by atoms with E-state index in [0.717, 1.165) is 35.9 Å². The number of hydrogen-bond donors (Lipinski definition) is 0. The van der Waals surface area contributed by atoms with Gasteiger partial charge in [0.25, 0.3) is 5.56 Å². The molecule has 92 valence electrons. The maximum Gasteiger partial charge on any atom is 0.251 e. The van der Waals surface area contributed by atoms with Gasteiger partial charge in [0.05, 0.1) is 11.0 Å². The summed E-state index contributed by atoms with van der Waals surface area (Å²) in [6.07, 6.45) is 2.90. The van der Waals surface area contributed by atoms with Gasteiger partial charge in [-0.3, -0.25) is 4.79 Å². The van der Waals surface area contributed by atoms with Gasteiger partial charge in [-0.15, -0.1) is 0 Å². The monoisotopic (exact) mass is 241 g/mol. The molecule has 0 N–H and O–H groups in total. The highest BCUT2D eigenvalue weighted by Gasteiger charge is 2.08. The molecule has 0 aromatic carbocycles. The average molecular weight is 241 g/mol. The molecule has 2 rings (SSSR count). The second-order valence-corrected chi connectivity index (χ2v) is 4.35. The van der Waals surface area contributed by atoms with E-state index in [2.05, 4.69) is 11.9 Å². The van der Waals surface area contributed by atoms with Crippen molar-refractivity contribution in [1.82, 2.24) is 9.55 Å². The molecule has 4 heteroatoms. The summed E-state index contributed by atoms with van der Waals surface area (Å²) >= 11 is 0. The fraction of sp³-hybridized carbons (Fsp3) is 0.357. The molecule has 0 fully saturated rings. The molecule has 18 heavy (non-hydrogen) atoms. The molecule has 0 unspecified atom stereocenters. The predicted molar refractivity (Wildman–Crippen MR) is 70.3 cm³/mol. The Balaban J connectivity index is 2.72. The summed E-state index contributed by atoms with van der Waals surface area (Å²) in [7, 11) is 1.72. The highest BCUT2D eigenvalue weighted by atomic mass is 16.1. The van der Waals surface area contributed by atoms with Gasteiger partial charge in [0.1, 0.15) is 11.8 Å². The van der Waals surface area contributed by atoms with E-state index in [1.807, 2.05) is 6.07 Å². The second kappa shape index (κ2) is 5.01. The summed E-state index contributed by atoms with van der Waals surface area (Å²) in [6, 6.07) is 7.10. The molecule has 0 aliphatic rings. The third-order valence-corrected chi connectivity index (χ3v) is 3.08. The van der Waals surface area contributed by atoms with Crippen molar-refractivity contribution >= 4 is 11.0 Å². The van der Waals surface area contributed by atoms with E-state index in [9.17, 15) is 4.79 Å². The van der Waals surface area contributed by atoms with Crippen molar-refractivity contribution in [1.29, 1.82) is 5.26 Å². The van der Waals surface area contributed by atoms with E-state index in [0.29, 0.717) is 5.69 Å². The lowest BCUT2D eigenvalue weighted by Gasteiger charge is -2.09. The van der Waals surface area contributed by atoms with Gasteiger partial charge in [-0.25, -0.2) is 4.98 Å². The summed E-state index contributed by atoms with van der Waals surface area (Å²) in [5.74, 6) is 0. The van der Waals surface area contributed by atoms with E-state index in [-0.39, 0.29) is 5.56 Å².